The highest BCUT2D eigenvalue weighted by atomic mass is 16.4. The van der Waals surface area contributed by atoms with Crippen LogP contribution in [0.3, 0.4) is 0 Å². The van der Waals surface area contributed by atoms with Crippen molar-refractivity contribution < 1.29 is 19.8 Å². The van der Waals surface area contributed by atoms with Crippen molar-refractivity contribution in [3.8, 4) is 0 Å². The van der Waals surface area contributed by atoms with Crippen LogP contribution in [0, 0.1) is 5.92 Å². The Morgan fingerprint density at radius 3 is 1.50 bits per heavy atom. The van der Waals surface area contributed by atoms with E-state index >= 15 is 0 Å². The van der Waals surface area contributed by atoms with E-state index in [1.54, 1.807) is 0 Å². The van der Waals surface area contributed by atoms with Gasteiger partial charge in [0.2, 0.25) is 0 Å². The van der Waals surface area contributed by atoms with Crippen molar-refractivity contribution in [3.63, 3.8) is 0 Å². The molecule has 0 aromatic rings. The molecule has 0 aromatic heterocycles. The first-order valence-electron chi connectivity index (χ1n) is 3.22. The molecule has 12 heavy (non-hydrogen) atoms. The molecule has 0 aliphatic carbocycles. The maximum Gasteiger partial charge on any atom is 0.331 e. The molecule has 66 valence electrons. The van der Waals surface area contributed by atoms with E-state index in [0.717, 1.165) is 0 Å². The SMILES string of the molecule is C=C(C(=O)O)C(C)C(=C)C(=O)O. The third-order valence-electron chi connectivity index (χ3n) is 1.59. The Morgan fingerprint density at radius 1 is 1.08 bits per heavy atom. The van der Waals surface area contributed by atoms with Gasteiger partial charge >= 0.3 is 11.9 Å². The van der Waals surface area contributed by atoms with Gasteiger partial charge in [0.15, 0.2) is 0 Å². The molecule has 0 spiro atoms. The second-order valence-electron chi connectivity index (χ2n) is 2.38. The molecule has 0 aliphatic rings. The second-order valence-corrected chi connectivity index (χ2v) is 2.38. The van der Waals surface area contributed by atoms with Crippen molar-refractivity contribution in [2.45, 2.75) is 6.92 Å². The minimum absolute atomic E-state index is 0.164. The van der Waals surface area contributed by atoms with Crippen molar-refractivity contribution in [3.05, 3.63) is 24.3 Å². The van der Waals surface area contributed by atoms with E-state index in [1.807, 2.05) is 0 Å². The Balaban J connectivity index is 4.51. The summed E-state index contributed by atoms with van der Waals surface area (Å²) in [6.07, 6.45) is 0. The van der Waals surface area contributed by atoms with Crippen molar-refractivity contribution >= 4 is 11.9 Å². The van der Waals surface area contributed by atoms with Gasteiger partial charge in [-0.3, -0.25) is 0 Å². The molecule has 0 fully saturated rings. The lowest BCUT2D eigenvalue weighted by Crippen LogP contribution is -2.15. The van der Waals surface area contributed by atoms with Crippen LogP contribution in [0.2, 0.25) is 0 Å². The van der Waals surface area contributed by atoms with Gasteiger partial charge in [-0.1, -0.05) is 20.1 Å². The van der Waals surface area contributed by atoms with E-state index in [0.29, 0.717) is 0 Å². The van der Waals surface area contributed by atoms with E-state index in [1.165, 1.54) is 6.92 Å². The van der Waals surface area contributed by atoms with Gasteiger partial charge in [-0.15, -0.1) is 0 Å². The first-order valence-corrected chi connectivity index (χ1v) is 3.22. The third-order valence-corrected chi connectivity index (χ3v) is 1.59. The van der Waals surface area contributed by atoms with Crippen LogP contribution in [0.1, 0.15) is 6.92 Å². The molecule has 0 saturated heterocycles. The lowest BCUT2D eigenvalue weighted by atomic mass is 9.95. The lowest BCUT2D eigenvalue weighted by molar-refractivity contribution is -0.133. The summed E-state index contributed by atoms with van der Waals surface area (Å²) in [4.78, 5) is 20.7. The predicted octanol–water partition coefficient (Wildman–Crippen LogP) is 0.904. The highest BCUT2D eigenvalue weighted by molar-refractivity contribution is 5.93. The molecule has 0 aromatic carbocycles. The van der Waals surface area contributed by atoms with Crippen LogP contribution in [0.5, 0.6) is 0 Å². The van der Waals surface area contributed by atoms with E-state index in [2.05, 4.69) is 13.2 Å². The normalized spacial score (nSPS) is 9.50. The molecule has 2 N–H and O–H groups in total. The molecule has 0 heterocycles. The minimum atomic E-state index is -1.20. The van der Waals surface area contributed by atoms with Gasteiger partial charge in [0, 0.05) is 17.1 Å². The van der Waals surface area contributed by atoms with Gasteiger partial charge < -0.3 is 10.2 Å². The summed E-state index contributed by atoms with van der Waals surface area (Å²) in [7, 11) is 0. The molecule has 0 radical (unpaired) electrons. The Kier molecular flexibility index (Phi) is 3.22. The van der Waals surface area contributed by atoms with Crippen molar-refractivity contribution in [1.29, 1.82) is 0 Å². The maximum atomic E-state index is 10.3. The average Bonchev–Trinajstić information content (AvgIpc) is 2.00. The number of aliphatic carboxylic acids is 2. The molecule has 0 aliphatic heterocycles. The Hall–Kier alpha value is -1.58. The third kappa shape index (κ3) is 2.23. The predicted molar refractivity (Wildman–Crippen MR) is 42.7 cm³/mol. The molecule has 4 heteroatoms. The van der Waals surface area contributed by atoms with Crippen LogP contribution >= 0.6 is 0 Å². The summed E-state index contributed by atoms with van der Waals surface area (Å²) in [6.45, 7) is 7.91. The molecule has 0 bridgehead atoms. The largest absolute Gasteiger partial charge is 0.478 e. The topological polar surface area (TPSA) is 74.6 Å². The summed E-state index contributed by atoms with van der Waals surface area (Å²) in [6, 6.07) is 0. The zero-order valence-electron chi connectivity index (χ0n) is 6.70. The molecule has 0 amide bonds. The van der Waals surface area contributed by atoms with E-state index in [9.17, 15) is 9.59 Å². The molecule has 0 atom stereocenters. The van der Waals surface area contributed by atoms with Gasteiger partial charge in [-0.05, 0) is 0 Å². The lowest BCUT2D eigenvalue weighted by Gasteiger charge is -2.09. The summed E-state index contributed by atoms with van der Waals surface area (Å²) >= 11 is 0. The quantitative estimate of drug-likeness (QED) is 0.615. The Morgan fingerprint density at radius 2 is 1.33 bits per heavy atom. The van der Waals surface area contributed by atoms with Gasteiger partial charge in [0.25, 0.3) is 0 Å². The summed E-state index contributed by atoms with van der Waals surface area (Å²) in [5.74, 6) is -3.14. The number of rotatable bonds is 4. The van der Waals surface area contributed by atoms with Crippen LogP contribution in [0.15, 0.2) is 24.3 Å². The van der Waals surface area contributed by atoms with Crippen LogP contribution in [0.25, 0.3) is 0 Å². The molecule has 4 nitrogen and oxygen atoms in total. The molecular weight excluding hydrogens is 160 g/mol. The van der Waals surface area contributed by atoms with Gasteiger partial charge in [0.1, 0.15) is 0 Å². The van der Waals surface area contributed by atoms with Crippen molar-refractivity contribution in [2.75, 3.05) is 0 Å². The Labute approximate surface area is 69.8 Å². The fraction of sp³-hybridized carbons (Fsp3) is 0.250. The standard InChI is InChI=1S/C8H10O4/c1-4(5(2)7(9)10)6(3)8(11)12/h4H,2-3H2,1H3,(H,9,10)(H,11,12). The first kappa shape index (κ1) is 10.4. The smallest absolute Gasteiger partial charge is 0.331 e. The summed E-state index contributed by atoms with van der Waals surface area (Å²) in [5, 5.41) is 16.9. The minimum Gasteiger partial charge on any atom is -0.478 e. The molecular formula is C8H10O4. The van der Waals surface area contributed by atoms with Gasteiger partial charge in [-0.25, -0.2) is 9.59 Å². The average molecular weight is 170 g/mol. The van der Waals surface area contributed by atoms with Crippen molar-refractivity contribution in [1.82, 2.24) is 0 Å². The van der Waals surface area contributed by atoms with Gasteiger partial charge in [0.05, 0.1) is 0 Å². The van der Waals surface area contributed by atoms with Crippen LogP contribution in [-0.2, 0) is 9.59 Å². The number of hydrogen-bond donors (Lipinski definition) is 2. The number of carboxylic acids is 2. The highest BCUT2D eigenvalue weighted by Gasteiger charge is 2.20. The van der Waals surface area contributed by atoms with Crippen LogP contribution in [-0.4, -0.2) is 22.2 Å². The zero-order valence-corrected chi connectivity index (χ0v) is 6.70. The van der Waals surface area contributed by atoms with E-state index in [-0.39, 0.29) is 11.1 Å². The van der Waals surface area contributed by atoms with Crippen LogP contribution in [0.4, 0.5) is 0 Å². The first-order chi connectivity index (χ1) is 5.37. The van der Waals surface area contributed by atoms with Crippen LogP contribution < -0.4 is 0 Å². The fourth-order valence-corrected chi connectivity index (χ4v) is 0.581. The monoisotopic (exact) mass is 170 g/mol. The number of carboxylic acid groups (broad SMARTS) is 2. The molecule has 0 saturated carbocycles. The van der Waals surface area contributed by atoms with Crippen molar-refractivity contribution in [2.24, 2.45) is 5.92 Å². The number of carbonyl (C=O) groups is 2. The summed E-state index contributed by atoms with van der Waals surface area (Å²) < 4.78 is 0. The highest BCUT2D eigenvalue weighted by Crippen LogP contribution is 2.16. The molecule has 0 unspecified atom stereocenters. The summed E-state index contributed by atoms with van der Waals surface area (Å²) in [5.41, 5.74) is -0.329. The fourth-order valence-electron chi connectivity index (χ4n) is 0.581. The molecule has 0 rings (SSSR count). The second kappa shape index (κ2) is 3.71. The van der Waals surface area contributed by atoms with Gasteiger partial charge in [-0.2, -0.15) is 0 Å². The van der Waals surface area contributed by atoms with E-state index in [4.69, 9.17) is 10.2 Å². The maximum absolute atomic E-state index is 10.3. The van der Waals surface area contributed by atoms with E-state index < -0.39 is 17.9 Å². The number of hydrogen-bond acceptors (Lipinski definition) is 2. The zero-order chi connectivity index (χ0) is 9.89. The Bertz CT molecular complexity index is 226.